The molecule has 0 aliphatic heterocycles. The number of hydrogen-bond acceptors (Lipinski definition) is 2. The second-order valence-corrected chi connectivity index (χ2v) is 9.91. The second-order valence-electron chi connectivity index (χ2n) is 9.91. The third kappa shape index (κ3) is 7.77. The molecular formula is C27H37FN2O2. The van der Waals surface area contributed by atoms with Gasteiger partial charge in [-0.15, -0.1) is 0 Å². The van der Waals surface area contributed by atoms with Crippen LogP contribution >= 0.6 is 0 Å². The van der Waals surface area contributed by atoms with Gasteiger partial charge < -0.3 is 10.2 Å². The monoisotopic (exact) mass is 440 g/mol. The Hall–Kier alpha value is -2.69. The normalized spacial score (nSPS) is 12.5. The van der Waals surface area contributed by atoms with Gasteiger partial charge in [-0.05, 0) is 53.5 Å². The van der Waals surface area contributed by atoms with Gasteiger partial charge in [0.15, 0.2) is 0 Å². The number of benzene rings is 2. The number of halogens is 1. The highest BCUT2D eigenvalue weighted by Crippen LogP contribution is 2.22. The van der Waals surface area contributed by atoms with E-state index in [4.69, 9.17) is 0 Å². The van der Waals surface area contributed by atoms with Crippen LogP contribution in [0.25, 0.3) is 0 Å². The summed E-state index contributed by atoms with van der Waals surface area (Å²) in [7, 11) is 0. The van der Waals surface area contributed by atoms with Crippen molar-refractivity contribution in [1.82, 2.24) is 10.2 Å². The maximum atomic E-state index is 13.3. The maximum Gasteiger partial charge on any atom is 0.242 e. The number of carbonyl (C=O) groups excluding carboxylic acids is 2. The molecule has 0 saturated heterocycles. The van der Waals surface area contributed by atoms with Crippen LogP contribution in [0.4, 0.5) is 4.39 Å². The molecule has 0 aliphatic carbocycles. The summed E-state index contributed by atoms with van der Waals surface area (Å²) in [6.07, 6.45) is 0.904. The fourth-order valence-electron chi connectivity index (χ4n) is 3.39. The maximum absolute atomic E-state index is 13.3. The van der Waals surface area contributed by atoms with Crippen molar-refractivity contribution >= 4 is 11.8 Å². The lowest BCUT2D eigenvalue weighted by Gasteiger charge is -2.29. The molecule has 174 valence electrons. The quantitative estimate of drug-likeness (QED) is 0.579. The van der Waals surface area contributed by atoms with Crippen molar-refractivity contribution in [3.63, 3.8) is 0 Å². The zero-order chi connectivity index (χ0) is 23.9. The predicted octanol–water partition coefficient (Wildman–Crippen LogP) is 5.25. The van der Waals surface area contributed by atoms with Crippen molar-refractivity contribution in [3.05, 3.63) is 71.0 Å². The molecule has 2 aromatic carbocycles. The van der Waals surface area contributed by atoms with Crippen molar-refractivity contribution in [1.29, 1.82) is 0 Å². The van der Waals surface area contributed by atoms with Crippen LogP contribution in [0.1, 0.15) is 64.7 Å². The van der Waals surface area contributed by atoms with Gasteiger partial charge in [-0.2, -0.15) is 0 Å². The molecule has 0 saturated carbocycles. The van der Waals surface area contributed by atoms with Crippen molar-refractivity contribution in [3.8, 4) is 0 Å². The summed E-state index contributed by atoms with van der Waals surface area (Å²) in [6, 6.07) is 13.8. The Morgan fingerprint density at radius 3 is 2.03 bits per heavy atom. The number of hydrogen-bond donors (Lipinski definition) is 1. The average molecular weight is 441 g/mol. The molecule has 4 nitrogen and oxygen atoms in total. The molecule has 0 aromatic heterocycles. The SMILES string of the molecule is CC(C)CNC(=O)[C@@H](C)N(Cc1ccc(F)cc1)C(=O)CCc1ccc(C(C)(C)C)cc1. The predicted molar refractivity (Wildman–Crippen MR) is 128 cm³/mol. The minimum absolute atomic E-state index is 0.0824. The summed E-state index contributed by atoms with van der Waals surface area (Å²) >= 11 is 0. The van der Waals surface area contributed by atoms with E-state index < -0.39 is 6.04 Å². The minimum atomic E-state index is -0.616. The van der Waals surface area contributed by atoms with E-state index >= 15 is 0 Å². The van der Waals surface area contributed by atoms with Gasteiger partial charge in [0.2, 0.25) is 11.8 Å². The first-order valence-corrected chi connectivity index (χ1v) is 11.4. The van der Waals surface area contributed by atoms with E-state index in [-0.39, 0.29) is 29.6 Å². The first kappa shape index (κ1) is 25.6. The first-order chi connectivity index (χ1) is 15.0. The van der Waals surface area contributed by atoms with Gasteiger partial charge in [0, 0.05) is 19.5 Å². The van der Waals surface area contributed by atoms with Gasteiger partial charge in [-0.25, -0.2) is 4.39 Å². The van der Waals surface area contributed by atoms with Gasteiger partial charge >= 0.3 is 0 Å². The molecule has 0 fully saturated rings. The van der Waals surface area contributed by atoms with E-state index in [9.17, 15) is 14.0 Å². The van der Waals surface area contributed by atoms with Crippen LogP contribution in [0.5, 0.6) is 0 Å². The van der Waals surface area contributed by atoms with Crippen LogP contribution in [0.3, 0.4) is 0 Å². The highest BCUT2D eigenvalue weighted by atomic mass is 19.1. The first-order valence-electron chi connectivity index (χ1n) is 11.4. The number of nitrogens with zero attached hydrogens (tertiary/aromatic N) is 1. The Bertz CT molecular complexity index is 883. The molecule has 5 heteroatoms. The van der Waals surface area contributed by atoms with Crippen LogP contribution < -0.4 is 5.32 Å². The molecule has 2 rings (SSSR count). The topological polar surface area (TPSA) is 49.4 Å². The molecule has 32 heavy (non-hydrogen) atoms. The van der Waals surface area contributed by atoms with Crippen LogP contribution in [0, 0.1) is 11.7 Å². The third-order valence-electron chi connectivity index (χ3n) is 5.57. The summed E-state index contributed by atoms with van der Waals surface area (Å²) < 4.78 is 13.3. The van der Waals surface area contributed by atoms with Gasteiger partial charge in [-0.1, -0.05) is 71.0 Å². The van der Waals surface area contributed by atoms with E-state index in [1.165, 1.54) is 17.7 Å². The van der Waals surface area contributed by atoms with Gasteiger partial charge in [0.1, 0.15) is 11.9 Å². The number of nitrogens with one attached hydrogen (secondary N) is 1. The van der Waals surface area contributed by atoms with Gasteiger partial charge in [0.25, 0.3) is 0 Å². The molecular weight excluding hydrogens is 403 g/mol. The molecule has 0 bridgehead atoms. The minimum Gasteiger partial charge on any atom is -0.354 e. The smallest absolute Gasteiger partial charge is 0.242 e. The van der Waals surface area contributed by atoms with Crippen LogP contribution in [-0.2, 0) is 28.0 Å². The van der Waals surface area contributed by atoms with Crippen LogP contribution in [-0.4, -0.2) is 29.3 Å². The van der Waals surface area contributed by atoms with Crippen molar-refractivity contribution in [2.75, 3.05) is 6.54 Å². The molecule has 1 atom stereocenters. The Morgan fingerprint density at radius 1 is 0.938 bits per heavy atom. The van der Waals surface area contributed by atoms with E-state index in [0.717, 1.165) is 11.1 Å². The number of amides is 2. The Labute approximate surface area is 192 Å². The number of rotatable bonds is 9. The third-order valence-corrected chi connectivity index (χ3v) is 5.57. The van der Waals surface area contributed by atoms with Crippen molar-refractivity contribution < 1.29 is 14.0 Å². The summed E-state index contributed by atoms with van der Waals surface area (Å²) in [5.41, 5.74) is 3.21. The molecule has 0 spiro atoms. The summed E-state index contributed by atoms with van der Waals surface area (Å²) in [4.78, 5) is 27.4. The van der Waals surface area contributed by atoms with Gasteiger partial charge in [0.05, 0.1) is 0 Å². The Balaban J connectivity index is 2.11. The summed E-state index contributed by atoms with van der Waals surface area (Å²) in [5, 5.41) is 2.91. The molecule has 0 aliphatic rings. The molecule has 0 unspecified atom stereocenters. The highest BCUT2D eigenvalue weighted by molar-refractivity contribution is 5.87. The van der Waals surface area contributed by atoms with E-state index in [1.54, 1.807) is 24.0 Å². The Morgan fingerprint density at radius 2 is 1.50 bits per heavy atom. The molecule has 0 radical (unpaired) electrons. The lowest BCUT2D eigenvalue weighted by atomic mass is 9.86. The fraction of sp³-hybridized carbons (Fsp3) is 0.481. The van der Waals surface area contributed by atoms with E-state index in [0.29, 0.717) is 25.3 Å². The van der Waals surface area contributed by atoms with E-state index in [1.807, 2.05) is 13.8 Å². The largest absolute Gasteiger partial charge is 0.354 e. The fourth-order valence-corrected chi connectivity index (χ4v) is 3.39. The second kappa shape index (κ2) is 11.3. The van der Waals surface area contributed by atoms with Crippen molar-refractivity contribution in [2.24, 2.45) is 5.92 Å². The van der Waals surface area contributed by atoms with Gasteiger partial charge in [-0.3, -0.25) is 9.59 Å². The molecule has 1 N–H and O–H groups in total. The Kier molecular flexibility index (Phi) is 8.99. The number of aryl methyl sites for hydroxylation is 1. The van der Waals surface area contributed by atoms with Crippen LogP contribution in [0.2, 0.25) is 0 Å². The zero-order valence-electron chi connectivity index (χ0n) is 20.2. The van der Waals surface area contributed by atoms with Crippen LogP contribution in [0.15, 0.2) is 48.5 Å². The number of carbonyl (C=O) groups is 2. The zero-order valence-corrected chi connectivity index (χ0v) is 20.2. The lowest BCUT2D eigenvalue weighted by Crippen LogP contribution is -2.48. The average Bonchev–Trinajstić information content (AvgIpc) is 2.74. The molecule has 0 heterocycles. The summed E-state index contributed by atoms with van der Waals surface area (Å²) in [5.74, 6) is -0.276. The standard InChI is InChI=1S/C27H37FN2O2/c1-19(2)17-29-26(32)20(3)30(18-22-9-14-24(28)15-10-22)25(31)16-11-21-7-12-23(13-8-21)27(4,5)6/h7-10,12-15,19-20H,11,16-18H2,1-6H3,(H,29,32)/t20-/m1/s1. The molecule has 2 amide bonds. The lowest BCUT2D eigenvalue weighted by molar-refractivity contribution is -0.140. The summed E-state index contributed by atoms with van der Waals surface area (Å²) in [6.45, 7) is 13.1. The molecule has 2 aromatic rings. The highest BCUT2D eigenvalue weighted by Gasteiger charge is 2.26. The van der Waals surface area contributed by atoms with E-state index in [2.05, 4.69) is 50.4 Å². The van der Waals surface area contributed by atoms with Crippen molar-refractivity contribution in [2.45, 2.75) is 72.4 Å².